The maximum absolute atomic E-state index is 11.9. The van der Waals surface area contributed by atoms with Gasteiger partial charge in [0, 0.05) is 43.6 Å². The summed E-state index contributed by atoms with van der Waals surface area (Å²) in [7, 11) is 0. The van der Waals surface area contributed by atoms with Crippen molar-refractivity contribution in [1.82, 2.24) is 4.98 Å². The zero-order valence-electron chi connectivity index (χ0n) is 11.1. The van der Waals surface area contributed by atoms with Crippen molar-refractivity contribution in [2.24, 2.45) is 5.92 Å². The third-order valence-corrected chi connectivity index (χ3v) is 3.66. The lowest BCUT2D eigenvalue weighted by molar-refractivity contribution is -0.117. The molecule has 20 heavy (non-hydrogen) atoms. The van der Waals surface area contributed by atoms with Crippen LogP contribution in [0.15, 0.2) is 48.8 Å². The van der Waals surface area contributed by atoms with Gasteiger partial charge in [0.25, 0.3) is 0 Å². The zero-order chi connectivity index (χ0) is 13.9. The summed E-state index contributed by atoms with van der Waals surface area (Å²) in [6.07, 6.45) is 3.96. The van der Waals surface area contributed by atoms with Gasteiger partial charge in [-0.05, 0) is 35.4 Å². The molecule has 2 heterocycles. The largest absolute Gasteiger partial charge is 0.396 e. The number of rotatable bonds is 3. The lowest BCUT2D eigenvalue weighted by Gasteiger charge is -2.16. The lowest BCUT2D eigenvalue weighted by Crippen LogP contribution is -2.24. The quantitative estimate of drug-likeness (QED) is 0.927. The predicted molar refractivity (Wildman–Crippen MR) is 77.2 cm³/mol. The Morgan fingerprint density at radius 3 is 2.35 bits per heavy atom. The molecule has 102 valence electrons. The fraction of sp³-hybridized carbons (Fsp3) is 0.250. The number of carbonyl (C=O) groups is 1. The van der Waals surface area contributed by atoms with E-state index < -0.39 is 0 Å². The van der Waals surface area contributed by atoms with Gasteiger partial charge in [-0.25, -0.2) is 0 Å². The van der Waals surface area contributed by atoms with Crippen molar-refractivity contribution < 1.29 is 9.90 Å². The van der Waals surface area contributed by atoms with Gasteiger partial charge in [0.1, 0.15) is 0 Å². The van der Waals surface area contributed by atoms with Gasteiger partial charge in [0.15, 0.2) is 0 Å². The number of hydrogen-bond acceptors (Lipinski definition) is 3. The lowest BCUT2D eigenvalue weighted by atomic mass is 10.1. The molecule has 0 spiro atoms. The highest BCUT2D eigenvalue weighted by atomic mass is 16.3. The Hall–Kier alpha value is -2.20. The maximum atomic E-state index is 11.9. The fourth-order valence-electron chi connectivity index (χ4n) is 2.53. The van der Waals surface area contributed by atoms with Crippen molar-refractivity contribution in [3.63, 3.8) is 0 Å². The van der Waals surface area contributed by atoms with Gasteiger partial charge in [-0.2, -0.15) is 0 Å². The summed E-state index contributed by atoms with van der Waals surface area (Å²) in [6, 6.07) is 11.8. The minimum Gasteiger partial charge on any atom is -0.396 e. The van der Waals surface area contributed by atoms with E-state index >= 15 is 0 Å². The molecule has 0 radical (unpaired) electrons. The van der Waals surface area contributed by atoms with Crippen molar-refractivity contribution >= 4 is 11.6 Å². The molecule has 2 aromatic rings. The minimum atomic E-state index is 0.0578. The van der Waals surface area contributed by atoms with E-state index in [-0.39, 0.29) is 18.4 Å². The van der Waals surface area contributed by atoms with Gasteiger partial charge < -0.3 is 10.0 Å². The molecule has 1 aliphatic heterocycles. The molecule has 1 atom stereocenters. The van der Waals surface area contributed by atoms with E-state index in [9.17, 15) is 4.79 Å². The summed E-state index contributed by atoms with van der Waals surface area (Å²) in [4.78, 5) is 17.7. The SMILES string of the molecule is O=C1CC(CO)CN1c1ccc(-c2ccncc2)cc1. The van der Waals surface area contributed by atoms with Gasteiger partial charge in [0.2, 0.25) is 5.91 Å². The Morgan fingerprint density at radius 2 is 1.75 bits per heavy atom. The summed E-state index contributed by atoms with van der Waals surface area (Å²) in [6.45, 7) is 0.668. The molecule has 1 aromatic heterocycles. The molecule has 4 nitrogen and oxygen atoms in total. The van der Waals surface area contributed by atoms with Gasteiger partial charge in [0.05, 0.1) is 0 Å². The molecule has 1 unspecified atom stereocenters. The first kappa shape index (κ1) is 12.8. The van der Waals surface area contributed by atoms with Gasteiger partial charge >= 0.3 is 0 Å². The van der Waals surface area contributed by atoms with Crippen molar-refractivity contribution in [3.8, 4) is 11.1 Å². The molecule has 0 saturated carbocycles. The highest BCUT2D eigenvalue weighted by Gasteiger charge is 2.29. The second kappa shape index (κ2) is 5.43. The third-order valence-electron chi connectivity index (χ3n) is 3.66. The highest BCUT2D eigenvalue weighted by Crippen LogP contribution is 2.27. The Labute approximate surface area is 117 Å². The number of carbonyl (C=O) groups excluding carboxylic acids is 1. The maximum Gasteiger partial charge on any atom is 0.227 e. The van der Waals surface area contributed by atoms with E-state index in [1.54, 1.807) is 17.3 Å². The van der Waals surface area contributed by atoms with E-state index in [1.165, 1.54) is 0 Å². The highest BCUT2D eigenvalue weighted by molar-refractivity contribution is 5.95. The molecule has 0 bridgehead atoms. The Kier molecular flexibility index (Phi) is 3.48. The second-order valence-electron chi connectivity index (χ2n) is 5.04. The Balaban J connectivity index is 1.82. The molecular weight excluding hydrogens is 252 g/mol. The first-order valence-corrected chi connectivity index (χ1v) is 6.69. The van der Waals surface area contributed by atoms with Crippen LogP contribution in [0.5, 0.6) is 0 Å². The average molecular weight is 268 g/mol. The fourth-order valence-corrected chi connectivity index (χ4v) is 2.53. The summed E-state index contributed by atoms with van der Waals surface area (Å²) in [5.41, 5.74) is 3.10. The number of aliphatic hydroxyl groups excluding tert-OH is 1. The second-order valence-corrected chi connectivity index (χ2v) is 5.04. The molecule has 3 rings (SSSR count). The van der Waals surface area contributed by atoms with Crippen LogP contribution < -0.4 is 4.90 Å². The van der Waals surface area contributed by atoms with E-state index in [2.05, 4.69) is 4.98 Å². The van der Waals surface area contributed by atoms with Crippen LogP contribution in [0, 0.1) is 5.92 Å². The number of pyridine rings is 1. The van der Waals surface area contributed by atoms with Crippen molar-refractivity contribution in [1.29, 1.82) is 0 Å². The number of amides is 1. The topological polar surface area (TPSA) is 53.4 Å². The normalized spacial score (nSPS) is 18.6. The van der Waals surface area contributed by atoms with Crippen LogP contribution in [0.3, 0.4) is 0 Å². The van der Waals surface area contributed by atoms with Gasteiger partial charge in [-0.3, -0.25) is 9.78 Å². The number of anilines is 1. The molecule has 1 aromatic carbocycles. The van der Waals surface area contributed by atoms with Crippen LogP contribution in [0.2, 0.25) is 0 Å². The third kappa shape index (κ3) is 2.42. The van der Waals surface area contributed by atoms with Crippen LogP contribution in [0.1, 0.15) is 6.42 Å². The van der Waals surface area contributed by atoms with Crippen molar-refractivity contribution in [2.75, 3.05) is 18.1 Å². The van der Waals surface area contributed by atoms with Crippen LogP contribution in [-0.4, -0.2) is 29.1 Å². The molecule has 1 amide bonds. The van der Waals surface area contributed by atoms with E-state index in [0.717, 1.165) is 16.8 Å². The molecular formula is C16H16N2O2. The van der Waals surface area contributed by atoms with E-state index in [0.29, 0.717) is 13.0 Å². The first-order valence-electron chi connectivity index (χ1n) is 6.69. The van der Waals surface area contributed by atoms with Gasteiger partial charge in [-0.1, -0.05) is 12.1 Å². The summed E-state index contributed by atoms with van der Waals surface area (Å²) in [5, 5.41) is 9.16. The van der Waals surface area contributed by atoms with Gasteiger partial charge in [-0.15, -0.1) is 0 Å². The molecule has 1 N–H and O–H groups in total. The van der Waals surface area contributed by atoms with Crippen LogP contribution in [-0.2, 0) is 4.79 Å². The number of benzene rings is 1. The van der Waals surface area contributed by atoms with Crippen molar-refractivity contribution in [3.05, 3.63) is 48.8 Å². The monoisotopic (exact) mass is 268 g/mol. The van der Waals surface area contributed by atoms with Crippen LogP contribution in [0.4, 0.5) is 5.69 Å². The van der Waals surface area contributed by atoms with Crippen molar-refractivity contribution in [2.45, 2.75) is 6.42 Å². The molecule has 1 fully saturated rings. The summed E-state index contributed by atoms with van der Waals surface area (Å²) >= 11 is 0. The van der Waals surface area contributed by atoms with E-state index in [4.69, 9.17) is 5.11 Å². The first-order chi connectivity index (χ1) is 9.78. The number of aliphatic hydroxyl groups is 1. The average Bonchev–Trinajstić information content (AvgIpc) is 2.89. The predicted octanol–water partition coefficient (Wildman–Crippen LogP) is 2.09. The molecule has 0 aliphatic carbocycles. The number of aromatic nitrogens is 1. The summed E-state index contributed by atoms with van der Waals surface area (Å²) < 4.78 is 0. The number of nitrogens with zero attached hydrogens (tertiary/aromatic N) is 2. The van der Waals surface area contributed by atoms with Crippen LogP contribution >= 0.6 is 0 Å². The molecule has 1 aliphatic rings. The summed E-state index contributed by atoms with van der Waals surface area (Å²) in [5.74, 6) is 0.142. The number of hydrogen-bond donors (Lipinski definition) is 1. The molecule has 1 saturated heterocycles. The smallest absolute Gasteiger partial charge is 0.227 e. The Morgan fingerprint density at radius 1 is 1.10 bits per heavy atom. The Bertz CT molecular complexity index is 596. The molecule has 4 heteroatoms. The minimum absolute atomic E-state index is 0.0578. The standard InChI is InChI=1S/C16H16N2O2/c19-11-12-9-16(20)18(10-12)15-3-1-13(2-4-15)14-5-7-17-8-6-14/h1-8,12,19H,9-11H2. The van der Waals surface area contributed by atoms with E-state index in [1.807, 2.05) is 36.4 Å². The van der Waals surface area contributed by atoms with Crippen LogP contribution in [0.25, 0.3) is 11.1 Å². The zero-order valence-corrected chi connectivity index (χ0v) is 11.1.